The fourth-order valence-corrected chi connectivity index (χ4v) is 6.88. The summed E-state index contributed by atoms with van der Waals surface area (Å²) in [4.78, 5) is 41.9. The van der Waals surface area contributed by atoms with Crippen molar-refractivity contribution in [2.45, 2.75) is 37.8 Å². The number of hydrogen-bond acceptors (Lipinski definition) is 15. The van der Waals surface area contributed by atoms with Crippen LogP contribution in [0.3, 0.4) is 0 Å². The number of anilines is 4. The van der Waals surface area contributed by atoms with E-state index >= 15 is 0 Å². The summed E-state index contributed by atoms with van der Waals surface area (Å²) in [6.45, 7) is 2.65. The molecule has 0 saturated carbocycles. The molecule has 2 aromatic heterocycles. The van der Waals surface area contributed by atoms with Gasteiger partial charge in [-0.3, -0.25) is 9.59 Å². The molecule has 0 radical (unpaired) electrons. The smallest absolute Gasteiger partial charge is 0.224 e. The zero-order valence-corrected chi connectivity index (χ0v) is 30.8. The number of rotatable bonds is 11. The van der Waals surface area contributed by atoms with Crippen LogP contribution >= 0.6 is 0 Å². The molecule has 4 heterocycles. The first-order valence-electron chi connectivity index (χ1n) is 17.0. The van der Waals surface area contributed by atoms with E-state index in [0.717, 1.165) is 32.0 Å². The van der Waals surface area contributed by atoms with Gasteiger partial charge in [0, 0.05) is 37.6 Å². The molecule has 2 saturated heterocycles. The maximum Gasteiger partial charge on any atom is 0.224 e. The van der Waals surface area contributed by atoms with Gasteiger partial charge in [-0.05, 0) is 63.0 Å². The molecule has 0 bridgehead atoms. The SMILES string of the molecule is COc1cccc(F)c1C(=O)c1cnc(NC2CCN(S(C)(=O)=O)CC2)nc1N.COc1cccc(F)c1C(=O)c1cnc(NC2CCNCC2)nc1N. The minimum Gasteiger partial charge on any atom is -0.496 e. The number of nitrogens with two attached hydrogens (primary N) is 2. The third-order valence-electron chi connectivity index (χ3n) is 8.90. The normalized spacial score (nSPS) is 15.4. The van der Waals surface area contributed by atoms with Crippen LogP contribution in [0.1, 0.15) is 57.5 Å². The fraction of sp³-hybridized carbons (Fsp3) is 0.371. The maximum atomic E-state index is 14.2. The van der Waals surface area contributed by atoms with Gasteiger partial charge in [0.2, 0.25) is 33.5 Å². The molecule has 0 atom stereocenters. The second-order valence-electron chi connectivity index (χ2n) is 12.5. The summed E-state index contributed by atoms with van der Waals surface area (Å²) in [6.07, 6.45) is 6.83. The number of ether oxygens (including phenoxy) is 2. The summed E-state index contributed by atoms with van der Waals surface area (Å²) in [7, 11) is -0.491. The van der Waals surface area contributed by atoms with Gasteiger partial charge < -0.3 is 36.9 Å². The Morgan fingerprint density at radius 1 is 0.778 bits per heavy atom. The second-order valence-corrected chi connectivity index (χ2v) is 14.5. The predicted molar refractivity (Wildman–Crippen MR) is 198 cm³/mol. The van der Waals surface area contributed by atoms with E-state index in [4.69, 9.17) is 20.9 Å². The number of aromatic nitrogens is 4. The summed E-state index contributed by atoms with van der Waals surface area (Å²) < 4.78 is 63.0. The van der Waals surface area contributed by atoms with Crippen molar-refractivity contribution in [3.8, 4) is 11.5 Å². The van der Waals surface area contributed by atoms with E-state index in [1.54, 1.807) is 0 Å². The first kappa shape index (κ1) is 39.7. The van der Waals surface area contributed by atoms with Gasteiger partial charge in [-0.15, -0.1) is 0 Å². The first-order valence-corrected chi connectivity index (χ1v) is 18.8. The maximum absolute atomic E-state index is 14.2. The van der Waals surface area contributed by atoms with Crippen molar-refractivity contribution < 1.29 is 36.3 Å². The Bertz CT molecular complexity index is 2100. The molecule has 2 fully saturated rings. The van der Waals surface area contributed by atoms with Gasteiger partial charge in [0.05, 0.1) is 31.6 Å². The van der Waals surface area contributed by atoms with Crippen molar-refractivity contribution in [1.29, 1.82) is 0 Å². The molecule has 54 heavy (non-hydrogen) atoms. The number of piperidine rings is 2. The van der Waals surface area contributed by atoms with Crippen LogP contribution in [0.5, 0.6) is 11.5 Å². The average Bonchev–Trinajstić information content (AvgIpc) is 3.15. The largest absolute Gasteiger partial charge is 0.496 e. The lowest BCUT2D eigenvalue weighted by atomic mass is 10.0. The number of hydrogen-bond donors (Lipinski definition) is 5. The molecule has 7 N–H and O–H groups in total. The van der Waals surface area contributed by atoms with E-state index in [9.17, 15) is 26.8 Å². The minimum atomic E-state index is -3.20. The Balaban J connectivity index is 0.000000210. The van der Waals surface area contributed by atoms with Gasteiger partial charge in [-0.1, -0.05) is 12.1 Å². The zero-order chi connectivity index (χ0) is 39.0. The predicted octanol–water partition coefficient (Wildman–Crippen LogP) is 2.87. The summed E-state index contributed by atoms with van der Waals surface area (Å²) in [5.74, 6) is -1.97. The molecule has 0 unspecified atom stereocenters. The zero-order valence-electron chi connectivity index (χ0n) is 29.9. The van der Waals surface area contributed by atoms with E-state index < -0.39 is 33.2 Å². The third kappa shape index (κ3) is 9.52. The summed E-state index contributed by atoms with van der Waals surface area (Å²) in [5, 5.41) is 9.58. The summed E-state index contributed by atoms with van der Waals surface area (Å²) in [5.41, 5.74) is 11.4. The van der Waals surface area contributed by atoms with Crippen LogP contribution in [-0.2, 0) is 10.0 Å². The van der Waals surface area contributed by atoms with Gasteiger partial charge in [0.15, 0.2) is 0 Å². The number of halogens is 2. The van der Waals surface area contributed by atoms with Gasteiger partial charge in [-0.2, -0.15) is 9.97 Å². The molecule has 16 nitrogen and oxygen atoms in total. The van der Waals surface area contributed by atoms with Crippen LogP contribution in [0.25, 0.3) is 0 Å². The van der Waals surface area contributed by atoms with Crippen molar-refractivity contribution in [1.82, 2.24) is 29.6 Å². The lowest BCUT2D eigenvalue weighted by Gasteiger charge is -2.30. The molecule has 2 aliphatic rings. The number of ketones is 2. The lowest BCUT2D eigenvalue weighted by Crippen LogP contribution is -2.42. The van der Waals surface area contributed by atoms with Crippen LogP contribution in [0, 0.1) is 11.6 Å². The number of nitrogens with one attached hydrogen (secondary N) is 3. The Hall–Kier alpha value is -5.53. The molecule has 4 aromatic rings. The van der Waals surface area contributed by atoms with Crippen molar-refractivity contribution in [3.63, 3.8) is 0 Å². The highest BCUT2D eigenvalue weighted by Crippen LogP contribution is 2.28. The highest BCUT2D eigenvalue weighted by molar-refractivity contribution is 7.88. The molecule has 288 valence electrons. The molecule has 2 aliphatic heterocycles. The Labute approximate surface area is 311 Å². The molecule has 0 aliphatic carbocycles. The number of benzene rings is 2. The third-order valence-corrected chi connectivity index (χ3v) is 10.2. The summed E-state index contributed by atoms with van der Waals surface area (Å²) in [6, 6.07) is 8.48. The molecule has 0 spiro atoms. The van der Waals surface area contributed by atoms with Crippen LogP contribution in [0.4, 0.5) is 32.3 Å². The number of methoxy groups -OCH3 is 2. The quantitative estimate of drug-likeness (QED) is 0.138. The average molecular weight is 769 g/mol. The van der Waals surface area contributed by atoms with Gasteiger partial charge >= 0.3 is 0 Å². The monoisotopic (exact) mass is 768 g/mol. The number of nitrogen functional groups attached to an aromatic ring is 2. The van der Waals surface area contributed by atoms with Crippen LogP contribution in [0.15, 0.2) is 48.8 Å². The number of carbonyl (C=O) groups excluding carboxylic acids is 2. The van der Waals surface area contributed by atoms with E-state index in [2.05, 4.69) is 35.9 Å². The fourth-order valence-electron chi connectivity index (χ4n) is 6.00. The van der Waals surface area contributed by atoms with E-state index in [0.29, 0.717) is 31.9 Å². The van der Waals surface area contributed by atoms with E-state index in [1.807, 2.05) is 0 Å². The number of carbonyl (C=O) groups is 2. The Kier molecular flexibility index (Phi) is 12.9. The number of nitrogens with zero attached hydrogens (tertiary/aromatic N) is 5. The molecule has 6 rings (SSSR count). The Morgan fingerprint density at radius 3 is 1.59 bits per heavy atom. The van der Waals surface area contributed by atoms with Crippen molar-refractivity contribution in [2.24, 2.45) is 0 Å². The number of sulfonamides is 1. The van der Waals surface area contributed by atoms with Crippen molar-refractivity contribution >= 4 is 45.1 Å². The van der Waals surface area contributed by atoms with Gasteiger partial charge in [0.25, 0.3) is 0 Å². The molecule has 2 aromatic carbocycles. The van der Waals surface area contributed by atoms with E-state index in [-0.39, 0.29) is 63.4 Å². The lowest BCUT2D eigenvalue weighted by molar-refractivity contribution is 0.102. The molecular weight excluding hydrogens is 727 g/mol. The molecule has 0 amide bonds. The molecule has 19 heteroatoms. The highest BCUT2D eigenvalue weighted by atomic mass is 32.2. The van der Waals surface area contributed by atoms with Gasteiger partial charge in [-0.25, -0.2) is 31.5 Å². The van der Waals surface area contributed by atoms with Gasteiger partial charge in [0.1, 0.15) is 45.9 Å². The topological polar surface area (TPSA) is 230 Å². The van der Waals surface area contributed by atoms with E-state index in [1.165, 1.54) is 67.5 Å². The second kappa shape index (κ2) is 17.5. The van der Waals surface area contributed by atoms with Crippen LogP contribution in [0.2, 0.25) is 0 Å². The van der Waals surface area contributed by atoms with Crippen LogP contribution in [-0.4, -0.2) is 103 Å². The minimum absolute atomic E-state index is 0.00161. The standard InChI is InChI=1S/C18H22FN5O4S.C17H20FN5O2/c1-28-14-5-3-4-13(19)15(14)16(25)12-10-21-18(23-17(12)20)22-11-6-8-24(9-7-11)29(2,26)27;1-25-13-4-2-3-12(18)14(13)15(24)11-9-21-17(23-16(11)19)22-10-5-7-20-8-6-10/h3-5,10-11H,6-9H2,1-2H3,(H3,20,21,22,23);2-4,9-10,20H,5-8H2,1H3,(H3,19,21,22,23). The van der Waals surface area contributed by atoms with Crippen molar-refractivity contribution in [2.75, 3.05) is 68.8 Å². The molecular formula is C35H42F2N10O6S. The first-order chi connectivity index (χ1) is 25.8. The van der Waals surface area contributed by atoms with Crippen LogP contribution < -0.4 is 36.9 Å². The Morgan fingerprint density at radius 2 is 1.20 bits per heavy atom. The highest BCUT2D eigenvalue weighted by Gasteiger charge is 2.27. The van der Waals surface area contributed by atoms with Crippen molar-refractivity contribution in [3.05, 3.63) is 82.7 Å². The summed E-state index contributed by atoms with van der Waals surface area (Å²) >= 11 is 0.